The van der Waals surface area contributed by atoms with Crippen molar-refractivity contribution in [3.05, 3.63) is 0 Å². The van der Waals surface area contributed by atoms with Crippen molar-refractivity contribution >= 4 is 30.4 Å². The predicted octanol–water partition coefficient (Wildman–Crippen LogP) is 9.97. The molecule has 0 bridgehead atoms. The van der Waals surface area contributed by atoms with E-state index < -0.39 is 18.5 Å². The van der Waals surface area contributed by atoms with Crippen molar-refractivity contribution in [1.82, 2.24) is 0 Å². The first-order valence-electron chi connectivity index (χ1n) is 21.2. The summed E-state index contributed by atoms with van der Waals surface area (Å²) in [6.07, 6.45) is 19.7. The van der Waals surface area contributed by atoms with E-state index in [1.807, 2.05) is 0 Å². The highest BCUT2D eigenvalue weighted by Crippen LogP contribution is 2.30. The van der Waals surface area contributed by atoms with Crippen molar-refractivity contribution in [3.63, 3.8) is 0 Å². The lowest BCUT2D eigenvalue weighted by Crippen LogP contribution is -2.28. The lowest BCUT2D eigenvalue weighted by atomic mass is 9.97. The number of carbonyl (C=O) groups excluding carboxylic acids is 5. The van der Waals surface area contributed by atoms with Gasteiger partial charge in [-0.3, -0.25) is 9.59 Å². The quantitative estimate of drug-likeness (QED) is 0.0362. The molecular weight excluding hydrogens is 700 g/mol. The van der Waals surface area contributed by atoms with E-state index in [-0.39, 0.29) is 61.8 Å². The Morgan fingerprint density at radius 2 is 0.667 bits per heavy atom. The topological polar surface area (TPSA) is 159 Å². The summed E-state index contributed by atoms with van der Waals surface area (Å²) < 4.78 is 42.6. The summed E-state index contributed by atoms with van der Waals surface area (Å²) >= 11 is 0. The minimum Gasteiger partial charge on any atom is -0.462 e. The van der Waals surface area contributed by atoms with E-state index in [4.69, 9.17) is 37.9 Å². The molecule has 0 amide bonds. The van der Waals surface area contributed by atoms with Crippen LogP contribution in [0.25, 0.3) is 0 Å². The molecule has 0 saturated carbocycles. The Morgan fingerprint density at radius 3 is 1.02 bits per heavy atom. The fourth-order valence-electron chi connectivity index (χ4n) is 7.35. The molecule has 3 aliphatic heterocycles. The van der Waals surface area contributed by atoms with E-state index in [0.29, 0.717) is 38.5 Å². The van der Waals surface area contributed by atoms with Gasteiger partial charge in [-0.05, 0) is 77.0 Å². The molecule has 0 N–H and O–H groups in total. The minimum absolute atomic E-state index is 0.0544. The largest absolute Gasteiger partial charge is 0.509 e. The van der Waals surface area contributed by atoms with E-state index >= 15 is 0 Å². The molecule has 310 valence electrons. The van der Waals surface area contributed by atoms with Crippen LogP contribution in [0, 0.1) is 0 Å². The molecule has 3 aliphatic rings. The number of ether oxygens (including phenoxy) is 8. The first-order valence-corrected chi connectivity index (χ1v) is 21.2. The number of carbonyl (C=O) groups is 5. The summed E-state index contributed by atoms with van der Waals surface area (Å²) in [6, 6.07) is 0. The van der Waals surface area contributed by atoms with Crippen LogP contribution in [0.2, 0.25) is 0 Å². The average molecular weight is 769 g/mol. The average Bonchev–Trinajstić information content (AvgIpc) is 3.82. The third kappa shape index (κ3) is 18.9. The molecular formula is C41H68O13. The van der Waals surface area contributed by atoms with Crippen LogP contribution in [0.5, 0.6) is 0 Å². The van der Waals surface area contributed by atoms with Crippen molar-refractivity contribution < 1.29 is 61.9 Å². The molecule has 0 aromatic carbocycles. The van der Waals surface area contributed by atoms with Crippen molar-refractivity contribution in [1.29, 1.82) is 0 Å². The summed E-state index contributed by atoms with van der Waals surface area (Å²) in [5.41, 5.74) is 0. The Labute approximate surface area is 322 Å². The van der Waals surface area contributed by atoms with Crippen molar-refractivity contribution in [2.45, 2.75) is 217 Å². The number of unbranched alkanes of at least 4 members (excludes halogenated alkanes) is 14. The summed E-state index contributed by atoms with van der Waals surface area (Å²) in [4.78, 5) is 59.2. The first kappa shape index (κ1) is 45.1. The van der Waals surface area contributed by atoms with Gasteiger partial charge < -0.3 is 37.9 Å². The van der Waals surface area contributed by atoms with Crippen LogP contribution in [0.1, 0.15) is 181 Å². The van der Waals surface area contributed by atoms with Crippen LogP contribution in [-0.4, -0.2) is 80.2 Å². The molecule has 6 unspecified atom stereocenters. The molecule has 3 saturated heterocycles. The molecule has 6 atom stereocenters. The van der Waals surface area contributed by atoms with E-state index in [0.717, 1.165) is 96.3 Å². The number of esters is 2. The summed E-state index contributed by atoms with van der Waals surface area (Å²) in [6.45, 7) is 4.40. The van der Waals surface area contributed by atoms with Gasteiger partial charge >= 0.3 is 30.4 Å². The zero-order valence-electron chi connectivity index (χ0n) is 33.1. The van der Waals surface area contributed by atoms with Crippen molar-refractivity contribution in [2.75, 3.05) is 13.2 Å². The van der Waals surface area contributed by atoms with Crippen LogP contribution in [0.4, 0.5) is 14.4 Å². The lowest BCUT2D eigenvalue weighted by molar-refractivity contribution is -0.152. The van der Waals surface area contributed by atoms with Crippen LogP contribution in [0.15, 0.2) is 0 Å². The zero-order chi connectivity index (χ0) is 38.8. The molecule has 3 heterocycles. The fourth-order valence-corrected chi connectivity index (χ4v) is 7.35. The summed E-state index contributed by atoms with van der Waals surface area (Å²) in [5.74, 6) is -0.583. The molecule has 0 radical (unpaired) electrons. The van der Waals surface area contributed by atoms with Crippen LogP contribution < -0.4 is 0 Å². The third-order valence-electron chi connectivity index (χ3n) is 10.5. The minimum atomic E-state index is -0.655. The van der Waals surface area contributed by atoms with Gasteiger partial charge in [0.05, 0.1) is 0 Å². The van der Waals surface area contributed by atoms with Crippen LogP contribution in [-0.2, 0) is 47.5 Å². The second kappa shape index (κ2) is 27.3. The highest BCUT2D eigenvalue weighted by atomic mass is 16.8. The van der Waals surface area contributed by atoms with Gasteiger partial charge in [0.15, 0.2) is 0 Å². The molecule has 13 heteroatoms. The molecule has 0 aromatic heterocycles. The van der Waals surface area contributed by atoms with E-state index in [9.17, 15) is 24.0 Å². The summed E-state index contributed by atoms with van der Waals surface area (Å²) in [7, 11) is 0. The van der Waals surface area contributed by atoms with Gasteiger partial charge in [-0.25, -0.2) is 14.4 Å². The number of rotatable bonds is 32. The van der Waals surface area contributed by atoms with Gasteiger partial charge in [0.25, 0.3) is 0 Å². The normalized spacial score (nSPS) is 23.3. The van der Waals surface area contributed by atoms with Crippen molar-refractivity contribution in [2.24, 2.45) is 0 Å². The van der Waals surface area contributed by atoms with Crippen LogP contribution in [0.3, 0.4) is 0 Å². The molecule has 0 aromatic rings. The SMILES string of the molecule is CCCCCCCCC1OC(=O)OC1CCCCCCCC(=O)OCCOC(=O)CCCCCCCC1OC(=O)OC1CCC1OC(=O)OC1CCCC. The fraction of sp³-hybridized carbons (Fsp3) is 0.878. The van der Waals surface area contributed by atoms with Gasteiger partial charge in [-0.15, -0.1) is 0 Å². The molecule has 0 spiro atoms. The standard InChI is InChI=1S/C41H68O13/c1-3-5-7-8-11-16-22-32-33(51-39(44)50-32)23-17-12-9-14-19-25-37(42)47-29-30-48-38(43)26-20-15-10-13-18-24-34-36(54-41(46)52-34)28-27-35-31(21-6-4-2)49-40(45)53-35/h31-36H,3-30H2,1-2H3. The number of hydrogen-bond acceptors (Lipinski definition) is 13. The monoisotopic (exact) mass is 768 g/mol. The third-order valence-corrected chi connectivity index (χ3v) is 10.5. The smallest absolute Gasteiger partial charge is 0.462 e. The molecule has 54 heavy (non-hydrogen) atoms. The Bertz CT molecular complexity index is 1100. The van der Waals surface area contributed by atoms with Gasteiger partial charge in [0.2, 0.25) is 0 Å². The van der Waals surface area contributed by atoms with E-state index in [1.165, 1.54) is 32.1 Å². The van der Waals surface area contributed by atoms with Gasteiger partial charge in [0.1, 0.15) is 49.8 Å². The maximum absolute atomic E-state index is 12.1. The highest BCUT2D eigenvalue weighted by molar-refractivity contribution is 5.70. The van der Waals surface area contributed by atoms with Crippen molar-refractivity contribution in [3.8, 4) is 0 Å². The second-order valence-electron chi connectivity index (χ2n) is 15.0. The van der Waals surface area contributed by atoms with Gasteiger partial charge in [0, 0.05) is 12.8 Å². The summed E-state index contributed by atoms with van der Waals surface area (Å²) in [5, 5.41) is 0. The molecule has 3 fully saturated rings. The Kier molecular flexibility index (Phi) is 22.9. The van der Waals surface area contributed by atoms with E-state index in [2.05, 4.69) is 13.8 Å². The predicted molar refractivity (Wildman–Crippen MR) is 199 cm³/mol. The number of cyclic esters (lactones) is 6. The maximum atomic E-state index is 12.1. The second-order valence-corrected chi connectivity index (χ2v) is 15.0. The van der Waals surface area contributed by atoms with E-state index in [1.54, 1.807) is 0 Å². The van der Waals surface area contributed by atoms with Crippen LogP contribution >= 0.6 is 0 Å². The highest BCUT2D eigenvalue weighted by Gasteiger charge is 2.40. The Balaban J connectivity index is 1.10. The Hall–Kier alpha value is -3.25. The molecule has 3 rings (SSSR count). The van der Waals surface area contributed by atoms with Gasteiger partial charge in [-0.2, -0.15) is 0 Å². The molecule has 0 aliphatic carbocycles. The molecule has 13 nitrogen and oxygen atoms in total. The Morgan fingerprint density at radius 1 is 0.389 bits per heavy atom. The maximum Gasteiger partial charge on any atom is 0.509 e. The lowest BCUT2D eigenvalue weighted by Gasteiger charge is -2.19. The number of hydrogen-bond donors (Lipinski definition) is 0. The van der Waals surface area contributed by atoms with Gasteiger partial charge in [-0.1, -0.05) is 90.9 Å². The first-order chi connectivity index (χ1) is 26.3. The zero-order valence-corrected chi connectivity index (χ0v) is 33.1.